The highest BCUT2D eigenvalue weighted by Crippen LogP contribution is 2.27. The number of aryl methyl sites for hydroxylation is 1. The van der Waals surface area contributed by atoms with Gasteiger partial charge in [0.15, 0.2) is 16.1 Å². The number of rotatable bonds is 9. The van der Waals surface area contributed by atoms with Crippen molar-refractivity contribution in [2.24, 2.45) is 0 Å². The number of carbonyl (C=O) groups excluding carboxylic acids is 2. The van der Waals surface area contributed by atoms with Gasteiger partial charge in [0.25, 0.3) is 5.91 Å². The lowest BCUT2D eigenvalue weighted by atomic mass is 10.1. The predicted octanol–water partition coefficient (Wildman–Crippen LogP) is 5.61. The molecular formula is C25H25ClN6O2S2. The third-order valence-corrected chi connectivity index (χ3v) is 7.31. The fourth-order valence-corrected chi connectivity index (χ4v) is 5.11. The monoisotopic (exact) mass is 540 g/mol. The van der Waals surface area contributed by atoms with Gasteiger partial charge in [-0.15, -0.1) is 21.5 Å². The molecule has 4 rings (SSSR count). The Morgan fingerprint density at radius 3 is 2.53 bits per heavy atom. The smallest absolute Gasteiger partial charge is 0.251 e. The SMILES string of the molecule is CCn1c(SCC(=O)Nc2nc(-c3ccc(Cl)cc3)cs2)nnc1[C@H](C)NC(=O)c1ccc(C)cc1. The molecular weight excluding hydrogens is 516 g/mol. The second-order valence-electron chi connectivity index (χ2n) is 8.03. The molecule has 2 aromatic carbocycles. The molecule has 0 spiro atoms. The molecule has 0 unspecified atom stereocenters. The largest absolute Gasteiger partial charge is 0.342 e. The van der Waals surface area contributed by atoms with Crippen molar-refractivity contribution in [3.8, 4) is 11.3 Å². The number of hydrogen-bond acceptors (Lipinski definition) is 7. The molecule has 0 aliphatic rings. The van der Waals surface area contributed by atoms with Crippen LogP contribution in [0, 0.1) is 6.92 Å². The van der Waals surface area contributed by atoms with Crippen molar-refractivity contribution in [3.05, 3.63) is 75.9 Å². The van der Waals surface area contributed by atoms with Crippen molar-refractivity contribution in [2.45, 2.75) is 38.5 Å². The van der Waals surface area contributed by atoms with E-state index in [2.05, 4.69) is 25.8 Å². The molecule has 2 aromatic heterocycles. The standard InChI is InChI=1S/C25H25ClN6O2S2/c1-4-32-22(16(3)27-23(34)18-7-5-15(2)6-8-18)30-31-25(32)36-14-21(33)29-24-28-20(13-35-24)17-9-11-19(26)12-10-17/h5-13,16H,4,14H2,1-3H3,(H,27,34)(H,28,29,33)/t16-/m0/s1. The average molecular weight is 541 g/mol. The van der Waals surface area contributed by atoms with Gasteiger partial charge in [-0.05, 0) is 45.0 Å². The normalized spacial score (nSPS) is 11.8. The van der Waals surface area contributed by atoms with Crippen LogP contribution in [0.3, 0.4) is 0 Å². The van der Waals surface area contributed by atoms with Gasteiger partial charge in [-0.2, -0.15) is 0 Å². The number of nitrogens with zero attached hydrogens (tertiary/aromatic N) is 4. The van der Waals surface area contributed by atoms with Crippen molar-refractivity contribution in [2.75, 3.05) is 11.1 Å². The first kappa shape index (κ1) is 25.9. The van der Waals surface area contributed by atoms with E-state index < -0.39 is 0 Å². The van der Waals surface area contributed by atoms with E-state index in [1.807, 2.05) is 55.0 Å². The van der Waals surface area contributed by atoms with Gasteiger partial charge in [0.2, 0.25) is 5.91 Å². The number of aromatic nitrogens is 4. The van der Waals surface area contributed by atoms with Crippen LogP contribution in [0.2, 0.25) is 5.02 Å². The first-order valence-electron chi connectivity index (χ1n) is 11.3. The number of nitrogens with one attached hydrogen (secondary N) is 2. The van der Waals surface area contributed by atoms with Crippen molar-refractivity contribution in [1.29, 1.82) is 0 Å². The number of halogens is 1. The summed E-state index contributed by atoms with van der Waals surface area (Å²) in [7, 11) is 0. The lowest BCUT2D eigenvalue weighted by Crippen LogP contribution is -2.28. The van der Waals surface area contributed by atoms with Gasteiger partial charge >= 0.3 is 0 Å². The number of carbonyl (C=O) groups is 2. The Hall–Kier alpha value is -3.21. The lowest BCUT2D eigenvalue weighted by molar-refractivity contribution is -0.113. The van der Waals surface area contributed by atoms with Crippen LogP contribution in [0.1, 0.15) is 41.6 Å². The summed E-state index contributed by atoms with van der Waals surface area (Å²) < 4.78 is 1.90. The molecule has 4 aromatic rings. The Morgan fingerprint density at radius 2 is 1.83 bits per heavy atom. The summed E-state index contributed by atoms with van der Waals surface area (Å²) in [6, 6.07) is 14.4. The van der Waals surface area contributed by atoms with Crippen LogP contribution in [-0.2, 0) is 11.3 Å². The summed E-state index contributed by atoms with van der Waals surface area (Å²) in [6.07, 6.45) is 0. The number of thioether (sulfide) groups is 1. The lowest BCUT2D eigenvalue weighted by Gasteiger charge is -2.15. The Balaban J connectivity index is 1.34. The van der Waals surface area contributed by atoms with Gasteiger partial charge in [-0.25, -0.2) is 4.98 Å². The second-order valence-corrected chi connectivity index (χ2v) is 10.3. The summed E-state index contributed by atoms with van der Waals surface area (Å²) in [6.45, 7) is 6.42. The Kier molecular flexibility index (Phi) is 8.40. The molecule has 11 heteroatoms. The van der Waals surface area contributed by atoms with E-state index in [0.29, 0.717) is 33.2 Å². The van der Waals surface area contributed by atoms with E-state index in [-0.39, 0.29) is 23.6 Å². The van der Waals surface area contributed by atoms with Gasteiger partial charge in [-0.3, -0.25) is 9.59 Å². The number of hydrogen-bond donors (Lipinski definition) is 2. The van der Waals surface area contributed by atoms with E-state index >= 15 is 0 Å². The molecule has 0 aliphatic carbocycles. The summed E-state index contributed by atoms with van der Waals surface area (Å²) in [5.74, 6) is 0.416. The molecule has 0 saturated carbocycles. The number of thiazole rings is 1. The molecule has 186 valence electrons. The highest BCUT2D eigenvalue weighted by molar-refractivity contribution is 7.99. The molecule has 0 bridgehead atoms. The summed E-state index contributed by atoms with van der Waals surface area (Å²) in [5.41, 5.74) is 3.38. The van der Waals surface area contributed by atoms with E-state index in [9.17, 15) is 9.59 Å². The number of amides is 2. The van der Waals surface area contributed by atoms with Gasteiger partial charge in [0.1, 0.15) is 0 Å². The number of anilines is 1. The number of benzene rings is 2. The Bertz CT molecular complexity index is 1350. The van der Waals surface area contributed by atoms with Gasteiger partial charge in [0, 0.05) is 28.1 Å². The molecule has 1 atom stereocenters. The minimum atomic E-state index is -0.351. The molecule has 36 heavy (non-hydrogen) atoms. The molecule has 8 nitrogen and oxygen atoms in total. The van der Waals surface area contributed by atoms with Crippen LogP contribution >= 0.6 is 34.7 Å². The maximum Gasteiger partial charge on any atom is 0.251 e. The summed E-state index contributed by atoms with van der Waals surface area (Å²) >= 11 is 8.59. The van der Waals surface area contributed by atoms with Crippen molar-refractivity contribution >= 4 is 51.6 Å². The second kappa shape index (κ2) is 11.7. The Morgan fingerprint density at radius 1 is 1.11 bits per heavy atom. The van der Waals surface area contributed by atoms with Crippen LogP contribution in [0.15, 0.2) is 59.1 Å². The van der Waals surface area contributed by atoms with Crippen LogP contribution < -0.4 is 10.6 Å². The van der Waals surface area contributed by atoms with E-state index in [1.54, 1.807) is 24.3 Å². The maximum absolute atomic E-state index is 12.6. The first-order valence-corrected chi connectivity index (χ1v) is 13.5. The minimum Gasteiger partial charge on any atom is -0.342 e. The molecule has 0 aliphatic heterocycles. The topological polar surface area (TPSA) is 102 Å². The van der Waals surface area contributed by atoms with Crippen LogP contribution in [0.25, 0.3) is 11.3 Å². The summed E-state index contributed by atoms with van der Waals surface area (Å²) in [5, 5.41) is 18.0. The molecule has 2 amide bonds. The van der Waals surface area contributed by atoms with E-state index in [1.165, 1.54) is 23.1 Å². The van der Waals surface area contributed by atoms with E-state index in [0.717, 1.165) is 16.8 Å². The van der Waals surface area contributed by atoms with Crippen molar-refractivity contribution in [1.82, 2.24) is 25.1 Å². The zero-order chi connectivity index (χ0) is 25.7. The Labute approximate surface area is 222 Å². The van der Waals surface area contributed by atoms with Gasteiger partial charge in [-0.1, -0.05) is 53.2 Å². The highest BCUT2D eigenvalue weighted by atomic mass is 35.5. The highest BCUT2D eigenvalue weighted by Gasteiger charge is 2.20. The fraction of sp³-hybridized carbons (Fsp3) is 0.240. The zero-order valence-corrected chi connectivity index (χ0v) is 22.4. The molecule has 2 N–H and O–H groups in total. The molecule has 0 saturated heterocycles. The zero-order valence-electron chi connectivity index (χ0n) is 20.0. The van der Waals surface area contributed by atoms with Crippen molar-refractivity contribution < 1.29 is 9.59 Å². The van der Waals surface area contributed by atoms with E-state index in [4.69, 9.17) is 11.6 Å². The first-order chi connectivity index (χ1) is 17.3. The molecule has 2 heterocycles. The third kappa shape index (κ3) is 6.31. The fourth-order valence-electron chi connectivity index (χ4n) is 3.44. The maximum atomic E-state index is 12.6. The van der Waals surface area contributed by atoms with Crippen molar-refractivity contribution in [3.63, 3.8) is 0 Å². The average Bonchev–Trinajstić information content (AvgIpc) is 3.50. The predicted molar refractivity (Wildman–Crippen MR) is 145 cm³/mol. The minimum absolute atomic E-state index is 0.151. The summed E-state index contributed by atoms with van der Waals surface area (Å²) in [4.78, 5) is 29.6. The molecule has 0 fully saturated rings. The molecule has 0 radical (unpaired) electrons. The van der Waals surface area contributed by atoms with Crippen LogP contribution in [-0.4, -0.2) is 37.3 Å². The third-order valence-electron chi connectivity index (χ3n) is 5.33. The van der Waals surface area contributed by atoms with Gasteiger partial charge < -0.3 is 15.2 Å². The van der Waals surface area contributed by atoms with Gasteiger partial charge in [0.05, 0.1) is 17.5 Å². The van der Waals surface area contributed by atoms with Crippen LogP contribution in [0.5, 0.6) is 0 Å². The van der Waals surface area contributed by atoms with Crippen LogP contribution in [0.4, 0.5) is 5.13 Å². The quantitative estimate of drug-likeness (QED) is 0.268.